The van der Waals surface area contributed by atoms with Gasteiger partial charge in [0.05, 0.1) is 23.3 Å². The second-order valence-corrected chi connectivity index (χ2v) is 7.78. The number of carbonyl (C=O) groups is 1. The first-order valence-electron chi connectivity index (χ1n) is 8.54. The summed E-state index contributed by atoms with van der Waals surface area (Å²) in [5, 5.41) is 9.52. The Morgan fingerprint density at radius 3 is 2.41 bits per heavy atom. The van der Waals surface area contributed by atoms with E-state index in [1.165, 1.54) is 25.3 Å². The van der Waals surface area contributed by atoms with Crippen LogP contribution in [0.15, 0.2) is 47.4 Å². The molecule has 0 aromatic heterocycles. The zero-order valence-corrected chi connectivity index (χ0v) is 16.4. The third-order valence-electron chi connectivity index (χ3n) is 4.11. The molecule has 7 nitrogen and oxygen atoms in total. The zero-order chi connectivity index (χ0) is 20.0. The van der Waals surface area contributed by atoms with Gasteiger partial charge < -0.3 is 14.7 Å². The first kappa shape index (κ1) is 20.6. The van der Waals surface area contributed by atoms with Crippen molar-refractivity contribution in [2.24, 2.45) is 0 Å². The van der Waals surface area contributed by atoms with Gasteiger partial charge in [-0.3, -0.25) is 4.72 Å². The number of benzene rings is 2. The molecule has 146 valence electrons. The summed E-state index contributed by atoms with van der Waals surface area (Å²) in [7, 11) is -0.528. The largest absolute Gasteiger partial charge is 0.497 e. The number of hydrogen-bond acceptors (Lipinski definition) is 5. The number of carboxylic acids is 1. The predicted molar refractivity (Wildman–Crippen MR) is 105 cm³/mol. The van der Waals surface area contributed by atoms with Gasteiger partial charge in [0.2, 0.25) is 0 Å². The summed E-state index contributed by atoms with van der Waals surface area (Å²) in [6, 6.07) is 10.4. The van der Waals surface area contributed by atoms with Crippen LogP contribution >= 0.6 is 0 Å². The fourth-order valence-electron chi connectivity index (χ4n) is 2.59. The normalized spacial score (nSPS) is 11.1. The first-order valence-corrected chi connectivity index (χ1v) is 10.0. The zero-order valence-electron chi connectivity index (χ0n) is 15.6. The number of hydrogen-bond donors (Lipinski definition) is 2. The molecule has 0 aliphatic rings. The van der Waals surface area contributed by atoms with Crippen LogP contribution in [0.3, 0.4) is 0 Å². The number of carboxylic acid groups (broad SMARTS) is 1. The van der Waals surface area contributed by atoms with Gasteiger partial charge in [-0.1, -0.05) is 13.3 Å². The fourth-order valence-corrected chi connectivity index (χ4v) is 3.64. The Balaban J connectivity index is 2.30. The molecular formula is C19H24N2O5S. The third-order valence-corrected chi connectivity index (χ3v) is 5.50. The van der Waals surface area contributed by atoms with Crippen LogP contribution < -0.4 is 14.4 Å². The number of aromatic carboxylic acids is 1. The number of methoxy groups -OCH3 is 1. The Kier molecular flexibility index (Phi) is 6.68. The number of ether oxygens (including phenoxy) is 1. The summed E-state index contributed by atoms with van der Waals surface area (Å²) in [5.74, 6) is -0.569. The lowest BCUT2D eigenvalue weighted by atomic mass is 10.1. The fraction of sp³-hybridized carbons (Fsp3) is 0.316. The van der Waals surface area contributed by atoms with Crippen LogP contribution in [0.1, 0.15) is 30.1 Å². The number of unbranched alkanes of at least 4 members (excludes halogenated alkanes) is 1. The molecule has 0 aliphatic carbocycles. The van der Waals surface area contributed by atoms with Crippen molar-refractivity contribution < 1.29 is 23.1 Å². The highest BCUT2D eigenvalue weighted by Crippen LogP contribution is 2.26. The van der Waals surface area contributed by atoms with Gasteiger partial charge in [0.25, 0.3) is 10.0 Å². The molecule has 0 aliphatic heterocycles. The van der Waals surface area contributed by atoms with Gasteiger partial charge in [-0.25, -0.2) is 13.2 Å². The van der Waals surface area contributed by atoms with Crippen molar-refractivity contribution >= 4 is 27.4 Å². The molecule has 0 saturated carbocycles. The molecule has 0 saturated heterocycles. The molecule has 2 aromatic rings. The summed E-state index contributed by atoms with van der Waals surface area (Å²) in [4.78, 5) is 13.6. The molecule has 2 N–H and O–H groups in total. The average molecular weight is 392 g/mol. The molecule has 0 bridgehead atoms. The molecule has 27 heavy (non-hydrogen) atoms. The maximum Gasteiger partial charge on any atom is 0.337 e. The van der Waals surface area contributed by atoms with Crippen molar-refractivity contribution in [3.8, 4) is 5.75 Å². The molecule has 0 radical (unpaired) electrons. The number of sulfonamides is 1. The Hall–Kier alpha value is -2.74. The van der Waals surface area contributed by atoms with Crippen LogP contribution in [0, 0.1) is 0 Å². The van der Waals surface area contributed by atoms with Crippen molar-refractivity contribution in [1.82, 2.24) is 0 Å². The molecule has 0 fully saturated rings. The number of nitrogens with one attached hydrogen (secondary N) is 1. The third kappa shape index (κ3) is 5.13. The van der Waals surface area contributed by atoms with Gasteiger partial charge in [0, 0.05) is 19.3 Å². The van der Waals surface area contributed by atoms with E-state index in [2.05, 4.69) is 11.6 Å². The average Bonchev–Trinajstić information content (AvgIpc) is 2.65. The second-order valence-electron chi connectivity index (χ2n) is 6.09. The van der Waals surface area contributed by atoms with E-state index >= 15 is 0 Å². The summed E-state index contributed by atoms with van der Waals surface area (Å²) in [6.07, 6.45) is 1.92. The minimum absolute atomic E-state index is 0.0449. The van der Waals surface area contributed by atoms with Gasteiger partial charge in [0.1, 0.15) is 5.75 Å². The van der Waals surface area contributed by atoms with Gasteiger partial charge in [-0.2, -0.15) is 0 Å². The topological polar surface area (TPSA) is 95.9 Å². The van der Waals surface area contributed by atoms with Crippen molar-refractivity contribution in [3.05, 3.63) is 48.0 Å². The molecule has 2 rings (SSSR count). The molecule has 0 amide bonds. The maximum absolute atomic E-state index is 12.5. The highest BCUT2D eigenvalue weighted by Gasteiger charge is 2.18. The molecule has 2 aromatic carbocycles. The molecule has 8 heteroatoms. The predicted octanol–water partition coefficient (Wildman–Crippen LogP) is 3.43. The van der Waals surface area contributed by atoms with Crippen molar-refractivity contribution in [1.29, 1.82) is 0 Å². The lowest BCUT2D eigenvalue weighted by Crippen LogP contribution is -2.21. The smallest absolute Gasteiger partial charge is 0.337 e. The van der Waals surface area contributed by atoms with E-state index in [9.17, 15) is 18.3 Å². The highest BCUT2D eigenvalue weighted by molar-refractivity contribution is 7.92. The summed E-state index contributed by atoms with van der Waals surface area (Å²) in [5.41, 5.74) is 0.780. The molecule has 0 spiro atoms. The van der Waals surface area contributed by atoms with Crippen molar-refractivity contribution in [2.75, 3.05) is 30.3 Å². The number of anilines is 2. The second kappa shape index (κ2) is 8.77. The van der Waals surface area contributed by atoms with Gasteiger partial charge in [-0.05, 0) is 48.9 Å². The number of nitrogens with zero attached hydrogens (tertiary/aromatic N) is 1. The van der Waals surface area contributed by atoms with E-state index in [1.54, 1.807) is 24.3 Å². The van der Waals surface area contributed by atoms with E-state index < -0.39 is 16.0 Å². The van der Waals surface area contributed by atoms with E-state index in [0.717, 1.165) is 12.8 Å². The Morgan fingerprint density at radius 1 is 1.19 bits per heavy atom. The highest BCUT2D eigenvalue weighted by atomic mass is 32.2. The van der Waals surface area contributed by atoms with Crippen molar-refractivity contribution in [2.45, 2.75) is 24.7 Å². The minimum atomic E-state index is -3.84. The molecule has 0 atom stereocenters. The Labute approximate surface area is 159 Å². The summed E-state index contributed by atoms with van der Waals surface area (Å²) >= 11 is 0. The Bertz CT molecular complexity index is 895. The van der Waals surface area contributed by atoms with Crippen LogP contribution in [0.25, 0.3) is 0 Å². The van der Waals surface area contributed by atoms with E-state index in [0.29, 0.717) is 18.0 Å². The SMILES string of the molecule is CCCCN(C)c1ccc(NS(=O)(=O)c2ccc(OC)cc2)cc1C(=O)O. The number of rotatable bonds is 9. The van der Waals surface area contributed by atoms with Crippen molar-refractivity contribution in [3.63, 3.8) is 0 Å². The van der Waals surface area contributed by atoms with Crippen LogP contribution in [0.5, 0.6) is 5.75 Å². The van der Waals surface area contributed by atoms with Crippen LogP contribution in [-0.2, 0) is 10.0 Å². The van der Waals surface area contributed by atoms with Crippen LogP contribution in [0.2, 0.25) is 0 Å². The Morgan fingerprint density at radius 2 is 1.85 bits per heavy atom. The van der Waals surface area contributed by atoms with Gasteiger partial charge in [0.15, 0.2) is 0 Å². The standard InChI is InChI=1S/C19H24N2O5S/c1-4-5-12-21(2)18-11-6-14(13-17(18)19(22)23)20-27(24,25)16-9-7-15(26-3)8-10-16/h6-11,13,20H,4-5,12H2,1-3H3,(H,22,23). The molecule has 0 unspecified atom stereocenters. The van der Waals surface area contributed by atoms with E-state index in [4.69, 9.17) is 4.74 Å². The monoisotopic (exact) mass is 392 g/mol. The summed E-state index contributed by atoms with van der Waals surface area (Å²) < 4.78 is 32.5. The lowest BCUT2D eigenvalue weighted by molar-refractivity contribution is 0.0697. The quantitative estimate of drug-likeness (QED) is 0.679. The van der Waals surface area contributed by atoms with Crippen LogP contribution in [-0.4, -0.2) is 40.2 Å². The maximum atomic E-state index is 12.5. The lowest BCUT2D eigenvalue weighted by Gasteiger charge is -2.21. The van der Waals surface area contributed by atoms with Crippen LogP contribution in [0.4, 0.5) is 11.4 Å². The van der Waals surface area contributed by atoms with E-state index in [1.807, 2.05) is 11.9 Å². The van der Waals surface area contributed by atoms with Gasteiger partial charge in [-0.15, -0.1) is 0 Å². The summed E-state index contributed by atoms with van der Waals surface area (Å²) in [6.45, 7) is 2.77. The first-order chi connectivity index (χ1) is 12.8. The van der Waals surface area contributed by atoms with E-state index in [-0.39, 0.29) is 16.1 Å². The molecule has 0 heterocycles. The molecular weight excluding hydrogens is 368 g/mol. The minimum Gasteiger partial charge on any atom is -0.497 e. The van der Waals surface area contributed by atoms with Gasteiger partial charge >= 0.3 is 5.97 Å².